The van der Waals surface area contributed by atoms with E-state index >= 15 is 0 Å². The molecule has 2 heterocycles. The van der Waals surface area contributed by atoms with Gasteiger partial charge in [-0.3, -0.25) is 0 Å². The summed E-state index contributed by atoms with van der Waals surface area (Å²) in [7, 11) is 0. The predicted molar refractivity (Wildman–Crippen MR) is 105 cm³/mol. The highest BCUT2D eigenvalue weighted by molar-refractivity contribution is 5.74. The first-order valence-electron chi connectivity index (χ1n) is 9.61. The van der Waals surface area contributed by atoms with Gasteiger partial charge in [-0.25, -0.2) is 9.18 Å². The summed E-state index contributed by atoms with van der Waals surface area (Å²) in [6.07, 6.45) is 0.482. The maximum atomic E-state index is 13.6. The van der Waals surface area contributed by atoms with Crippen molar-refractivity contribution in [1.29, 1.82) is 0 Å². The number of carbonyl (C=O) groups excluding carboxylic acids is 1. The number of nitrogens with one attached hydrogen (secondary N) is 1. The van der Waals surface area contributed by atoms with Crippen molar-refractivity contribution < 1.29 is 18.7 Å². The number of hydrogen-bond acceptors (Lipinski definition) is 4. The molecule has 0 aromatic heterocycles. The molecule has 2 aromatic rings. The molecular weight excluding hydrogens is 361 g/mol. The standard InChI is InChI=1S/C21H24FN3O3/c22-18-4-2-1-3-16(18)7-8-23-21(26)25-11-9-24(10-12-25)17-5-6-19-20(15-17)28-14-13-27-19/h1-6,15H,7-14H2,(H,23,26). The first-order valence-corrected chi connectivity index (χ1v) is 9.61. The summed E-state index contributed by atoms with van der Waals surface area (Å²) < 4.78 is 24.8. The van der Waals surface area contributed by atoms with Crippen molar-refractivity contribution in [3.63, 3.8) is 0 Å². The SMILES string of the molecule is O=C(NCCc1ccccc1F)N1CCN(c2ccc3c(c2)OCCO3)CC1. The Bertz CT molecular complexity index is 837. The Balaban J connectivity index is 1.25. The molecule has 0 atom stereocenters. The van der Waals surface area contributed by atoms with E-state index in [1.165, 1.54) is 6.07 Å². The Morgan fingerprint density at radius 1 is 1.00 bits per heavy atom. The van der Waals surface area contributed by atoms with Crippen LogP contribution in [0, 0.1) is 5.82 Å². The number of piperazine rings is 1. The first-order chi connectivity index (χ1) is 13.7. The van der Waals surface area contributed by atoms with Gasteiger partial charge in [0.25, 0.3) is 0 Å². The van der Waals surface area contributed by atoms with Crippen LogP contribution in [-0.4, -0.2) is 56.9 Å². The van der Waals surface area contributed by atoms with E-state index < -0.39 is 0 Å². The zero-order valence-corrected chi connectivity index (χ0v) is 15.7. The molecule has 7 heteroatoms. The number of urea groups is 1. The lowest BCUT2D eigenvalue weighted by Crippen LogP contribution is -2.52. The summed E-state index contributed by atoms with van der Waals surface area (Å²) in [4.78, 5) is 16.4. The van der Waals surface area contributed by atoms with Gasteiger partial charge >= 0.3 is 6.03 Å². The third-order valence-electron chi connectivity index (χ3n) is 5.09. The van der Waals surface area contributed by atoms with Crippen LogP contribution in [0.2, 0.25) is 0 Å². The van der Waals surface area contributed by atoms with Crippen LogP contribution in [0.3, 0.4) is 0 Å². The normalized spacial score (nSPS) is 16.0. The molecule has 1 fully saturated rings. The molecule has 0 saturated carbocycles. The average molecular weight is 385 g/mol. The van der Waals surface area contributed by atoms with E-state index in [9.17, 15) is 9.18 Å². The van der Waals surface area contributed by atoms with Gasteiger partial charge in [0.2, 0.25) is 0 Å². The monoisotopic (exact) mass is 385 g/mol. The fraction of sp³-hybridized carbons (Fsp3) is 0.381. The van der Waals surface area contributed by atoms with Crippen molar-refractivity contribution in [2.75, 3.05) is 50.8 Å². The predicted octanol–water partition coefficient (Wildman–Crippen LogP) is 2.67. The zero-order valence-electron chi connectivity index (χ0n) is 15.7. The number of ether oxygens (including phenoxy) is 2. The van der Waals surface area contributed by atoms with Gasteiger partial charge in [-0.2, -0.15) is 0 Å². The number of rotatable bonds is 4. The molecule has 28 heavy (non-hydrogen) atoms. The number of fused-ring (bicyclic) bond motifs is 1. The lowest BCUT2D eigenvalue weighted by atomic mass is 10.1. The Morgan fingerprint density at radius 3 is 2.54 bits per heavy atom. The molecule has 0 aliphatic carbocycles. The number of benzene rings is 2. The van der Waals surface area contributed by atoms with Gasteiger partial charge in [0.05, 0.1) is 0 Å². The summed E-state index contributed by atoms with van der Waals surface area (Å²) in [5, 5.41) is 2.89. The van der Waals surface area contributed by atoms with Crippen molar-refractivity contribution in [2.45, 2.75) is 6.42 Å². The van der Waals surface area contributed by atoms with Gasteiger partial charge < -0.3 is 24.6 Å². The molecule has 2 aliphatic rings. The van der Waals surface area contributed by atoms with Crippen LogP contribution < -0.4 is 19.7 Å². The van der Waals surface area contributed by atoms with Crippen LogP contribution in [-0.2, 0) is 6.42 Å². The molecule has 0 spiro atoms. The summed E-state index contributed by atoms with van der Waals surface area (Å²) in [5.74, 6) is 1.32. The zero-order chi connectivity index (χ0) is 19.3. The minimum absolute atomic E-state index is 0.0989. The van der Waals surface area contributed by atoms with Gasteiger partial charge in [-0.05, 0) is 30.2 Å². The van der Waals surface area contributed by atoms with E-state index in [1.54, 1.807) is 23.1 Å². The second-order valence-electron chi connectivity index (χ2n) is 6.88. The van der Waals surface area contributed by atoms with Gasteiger partial charge in [-0.15, -0.1) is 0 Å². The van der Waals surface area contributed by atoms with E-state index in [0.29, 0.717) is 44.8 Å². The summed E-state index contributed by atoms with van der Waals surface area (Å²) >= 11 is 0. The van der Waals surface area contributed by atoms with E-state index in [-0.39, 0.29) is 11.8 Å². The molecule has 2 aliphatic heterocycles. The number of hydrogen-bond donors (Lipinski definition) is 1. The van der Waals surface area contributed by atoms with Crippen molar-refractivity contribution in [1.82, 2.24) is 10.2 Å². The summed E-state index contributed by atoms with van der Waals surface area (Å²) in [6.45, 7) is 4.34. The smallest absolute Gasteiger partial charge is 0.317 e. The number of anilines is 1. The lowest BCUT2D eigenvalue weighted by molar-refractivity contribution is 0.171. The molecule has 2 aromatic carbocycles. The van der Waals surface area contributed by atoms with Crippen molar-refractivity contribution in [2.24, 2.45) is 0 Å². The quantitative estimate of drug-likeness (QED) is 0.879. The lowest BCUT2D eigenvalue weighted by Gasteiger charge is -2.36. The number of amides is 2. The summed E-state index contributed by atoms with van der Waals surface area (Å²) in [5.41, 5.74) is 1.69. The van der Waals surface area contributed by atoms with Gasteiger partial charge in [0.1, 0.15) is 19.0 Å². The Labute approximate surface area is 163 Å². The number of halogens is 1. The highest BCUT2D eigenvalue weighted by Crippen LogP contribution is 2.34. The van der Waals surface area contributed by atoms with Gasteiger partial charge in [0.15, 0.2) is 11.5 Å². The van der Waals surface area contributed by atoms with Crippen LogP contribution >= 0.6 is 0 Å². The fourth-order valence-electron chi connectivity index (χ4n) is 3.51. The van der Waals surface area contributed by atoms with Crippen molar-refractivity contribution in [3.8, 4) is 11.5 Å². The van der Waals surface area contributed by atoms with E-state index in [0.717, 1.165) is 30.3 Å². The third-order valence-corrected chi connectivity index (χ3v) is 5.09. The topological polar surface area (TPSA) is 54.0 Å². The summed E-state index contributed by atoms with van der Waals surface area (Å²) in [6, 6.07) is 12.5. The van der Waals surface area contributed by atoms with E-state index in [4.69, 9.17) is 9.47 Å². The highest BCUT2D eigenvalue weighted by atomic mass is 19.1. The first kappa shape index (κ1) is 18.4. The maximum absolute atomic E-state index is 13.6. The van der Waals surface area contributed by atoms with Crippen LogP contribution in [0.25, 0.3) is 0 Å². The third kappa shape index (κ3) is 4.13. The van der Waals surface area contributed by atoms with Crippen LogP contribution in [0.5, 0.6) is 11.5 Å². The molecule has 0 unspecified atom stereocenters. The largest absolute Gasteiger partial charge is 0.486 e. The highest BCUT2D eigenvalue weighted by Gasteiger charge is 2.22. The van der Waals surface area contributed by atoms with Crippen molar-refractivity contribution >= 4 is 11.7 Å². The minimum Gasteiger partial charge on any atom is -0.486 e. The van der Waals surface area contributed by atoms with Gasteiger partial charge in [0, 0.05) is 44.5 Å². The molecule has 0 bridgehead atoms. The Morgan fingerprint density at radius 2 is 1.75 bits per heavy atom. The van der Waals surface area contributed by atoms with Crippen LogP contribution in [0.1, 0.15) is 5.56 Å². The number of carbonyl (C=O) groups is 1. The molecule has 2 amide bonds. The minimum atomic E-state index is -0.232. The molecule has 4 rings (SSSR count). The molecular formula is C21H24FN3O3. The fourth-order valence-corrected chi connectivity index (χ4v) is 3.51. The Hall–Kier alpha value is -2.96. The molecule has 1 saturated heterocycles. The average Bonchev–Trinajstić information content (AvgIpc) is 2.75. The second kappa shape index (κ2) is 8.37. The maximum Gasteiger partial charge on any atom is 0.317 e. The molecule has 6 nitrogen and oxygen atoms in total. The van der Waals surface area contributed by atoms with Crippen LogP contribution in [0.4, 0.5) is 14.9 Å². The van der Waals surface area contributed by atoms with E-state index in [1.807, 2.05) is 18.2 Å². The molecule has 0 radical (unpaired) electrons. The second-order valence-corrected chi connectivity index (χ2v) is 6.88. The van der Waals surface area contributed by atoms with Gasteiger partial charge in [-0.1, -0.05) is 18.2 Å². The Kier molecular flexibility index (Phi) is 5.50. The molecule has 1 N–H and O–H groups in total. The van der Waals surface area contributed by atoms with Crippen LogP contribution in [0.15, 0.2) is 42.5 Å². The van der Waals surface area contributed by atoms with Crippen molar-refractivity contribution in [3.05, 3.63) is 53.8 Å². The molecule has 148 valence electrons. The number of nitrogens with zero attached hydrogens (tertiary/aromatic N) is 2. The van der Waals surface area contributed by atoms with E-state index in [2.05, 4.69) is 10.2 Å².